The predicted molar refractivity (Wildman–Crippen MR) is 115 cm³/mol. The molecule has 33 heavy (non-hydrogen) atoms. The second-order valence-electron chi connectivity index (χ2n) is 8.71. The van der Waals surface area contributed by atoms with Gasteiger partial charge in [-0.2, -0.15) is 0 Å². The number of aliphatic carboxylic acids is 1. The van der Waals surface area contributed by atoms with Crippen molar-refractivity contribution >= 4 is 33.7 Å². The van der Waals surface area contributed by atoms with Crippen molar-refractivity contribution in [3.05, 3.63) is 11.8 Å². The minimum absolute atomic E-state index is 0.0539. The number of aliphatic hydroxyl groups excluding tert-OH is 1. The van der Waals surface area contributed by atoms with Crippen LogP contribution >= 0.6 is 0 Å². The Bertz CT molecular complexity index is 967. The molecule has 2 aliphatic rings. The molecular weight excluding hydrogens is 458 g/mol. The fourth-order valence-corrected chi connectivity index (χ4v) is 5.38. The van der Waals surface area contributed by atoms with E-state index in [1.165, 1.54) is 11.1 Å². The summed E-state index contributed by atoms with van der Waals surface area (Å²) in [5, 5.41) is 22.8. The van der Waals surface area contributed by atoms with Gasteiger partial charge in [0, 0.05) is 37.2 Å². The number of rotatable bonds is 9. The van der Waals surface area contributed by atoms with Crippen molar-refractivity contribution < 1.29 is 37.8 Å². The van der Waals surface area contributed by atoms with E-state index in [1.807, 2.05) is 0 Å². The predicted octanol–water partition coefficient (Wildman–Crippen LogP) is -2.94. The Morgan fingerprint density at radius 2 is 1.94 bits per heavy atom. The summed E-state index contributed by atoms with van der Waals surface area (Å²) in [6, 6.07) is -1.12. The van der Waals surface area contributed by atoms with Gasteiger partial charge in [-0.1, -0.05) is 20.3 Å². The maximum Gasteiger partial charge on any atom is 0.332 e. The first-order valence-electron chi connectivity index (χ1n) is 10.4. The van der Waals surface area contributed by atoms with E-state index in [9.17, 15) is 37.8 Å². The fourth-order valence-electron chi connectivity index (χ4n) is 4.45. The molecule has 186 valence electrons. The Labute approximate surface area is 191 Å². The molecule has 1 aliphatic carbocycles. The Morgan fingerprint density at radius 3 is 2.45 bits per heavy atom. The molecule has 1 fully saturated rings. The van der Waals surface area contributed by atoms with Gasteiger partial charge in [0.1, 0.15) is 5.75 Å². The van der Waals surface area contributed by atoms with Crippen LogP contribution in [-0.2, 0) is 29.2 Å². The number of aliphatic hydroxyl groups is 1. The molecule has 1 heterocycles. The second kappa shape index (κ2) is 9.65. The molecule has 0 bridgehead atoms. The van der Waals surface area contributed by atoms with Gasteiger partial charge in [0.15, 0.2) is 5.54 Å². The van der Waals surface area contributed by atoms with Crippen molar-refractivity contribution in [2.24, 2.45) is 29.2 Å². The van der Waals surface area contributed by atoms with Gasteiger partial charge >= 0.3 is 5.97 Å². The Balaban J connectivity index is 2.25. The van der Waals surface area contributed by atoms with Gasteiger partial charge in [-0.25, -0.2) is 13.2 Å². The number of sulfonamides is 1. The van der Waals surface area contributed by atoms with Crippen LogP contribution in [0.15, 0.2) is 11.8 Å². The average Bonchev–Trinajstić information content (AvgIpc) is 2.97. The van der Waals surface area contributed by atoms with Crippen LogP contribution in [0.2, 0.25) is 0 Å². The van der Waals surface area contributed by atoms with Gasteiger partial charge < -0.3 is 31.9 Å². The number of fused-ring (bicyclic) bond motifs is 1. The smallest absolute Gasteiger partial charge is 0.332 e. The lowest BCUT2D eigenvalue weighted by atomic mass is 9.77. The Hall–Kier alpha value is -2.71. The van der Waals surface area contributed by atoms with Crippen LogP contribution in [0.1, 0.15) is 26.7 Å². The van der Waals surface area contributed by atoms with Gasteiger partial charge in [0.2, 0.25) is 21.8 Å². The van der Waals surface area contributed by atoms with Crippen molar-refractivity contribution in [1.82, 2.24) is 14.9 Å². The van der Waals surface area contributed by atoms with E-state index in [0.29, 0.717) is 6.42 Å². The van der Waals surface area contributed by atoms with Gasteiger partial charge in [-0.3, -0.25) is 19.1 Å². The van der Waals surface area contributed by atoms with Gasteiger partial charge in [-0.05, 0) is 12.3 Å². The monoisotopic (exact) mass is 489 g/mol. The van der Waals surface area contributed by atoms with E-state index in [0.717, 1.165) is 0 Å². The topological polar surface area (TPSA) is 222 Å². The Morgan fingerprint density at radius 1 is 1.33 bits per heavy atom. The molecule has 14 heteroatoms. The third-order valence-corrected chi connectivity index (χ3v) is 7.59. The highest BCUT2D eigenvalue weighted by Crippen LogP contribution is 2.46. The summed E-state index contributed by atoms with van der Waals surface area (Å²) in [4.78, 5) is 50.4. The number of carboxylic acids is 1. The summed E-state index contributed by atoms with van der Waals surface area (Å²) >= 11 is 0. The zero-order valence-electron chi connectivity index (χ0n) is 18.6. The number of carbonyl (C=O) groups is 4. The zero-order chi connectivity index (χ0) is 25.3. The molecule has 1 saturated carbocycles. The fraction of sp³-hybridized carbons (Fsp3) is 0.684. The van der Waals surface area contributed by atoms with Crippen molar-refractivity contribution in [3.63, 3.8) is 0 Å². The lowest BCUT2D eigenvalue weighted by Gasteiger charge is -2.40. The number of carbonyl (C=O) groups excluding carboxylic acids is 3. The van der Waals surface area contributed by atoms with Gasteiger partial charge in [0.05, 0.1) is 12.1 Å². The van der Waals surface area contributed by atoms with E-state index in [1.54, 1.807) is 25.6 Å². The lowest BCUT2D eigenvalue weighted by Crippen LogP contribution is -2.66. The highest BCUT2D eigenvalue weighted by Gasteiger charge is 2.63. The zero-order valence-corrected chi connectivity index (χ0v) is 19.5. The molecule has 6 unspecified atom stereocenters. The van der Waals surface area contributed by atoms with Crippen LogP contribution in [0.5, 0.6) is 0 Å². The van der Waals surface area contributed by atoms with E-state index in [-0.39, 0.29) is 24.5 Å². The number of hydrogen-bond donors (Lipinski definition) is 6. The van der Waals surface area contributed by atoms with Crippen LogP contribution in [-0.4, -0.2) is 84.3 Å². The summed E-state index contributed by atoms with van der Waals surface area (Å²) in [7, 11) is -2.94. The minimum atomic E-state index is -4.50. The summed E-state index contributed by atoms with van der Waals surface area (Å²) in [5.41, 5.74) is 8.95. The molecule has 0 aromatic carbocycles. The number of nitrogens with zero attached hydrogens (tertiary/aromatic N) is 1. The molecule has 0 aromatic heterocycles. The summed E-state index contributed by atoms with van der Waals surface area (Å²) in [5.74, 6) is -7.92. The van der Waals surface area contributed by atoms with Gasteiger partial charge in [-0.15, -0.1) is 0 Å². The van der Waals surface area contributed by atoms with Gasteiger partial charge in [0.25, 0.3) is 5.91 Å². The Kier molecular flexibility index (Phi) is 7.76. The van der Waals surface area contributed by atoms with Crippen LogP contribution < -0.4 is 21.5 Å². The number of amides is 3. The molecule has 0 radical (unpaired) electrons. The molecule has 13 nitrogen and oxygen atoms in total. The third-order valence-electron chi connectivity index (χ3n) is 6.44. The quantitative estimate of drug-likeness (QED) is 0.193. The van der Waals surface area contributed by atoms with Crippen LogP contribution in [0.3, 0.4) is 0 Å². The number of primary amides is 1. The van der Waals surface area contributed by atoms with Crippen molar-refractivity contribution in [2.45, 2.75) is 44.4 Å². The molecule has 2 rings (SSSR count). The molecule has 0 spiro atoms. The highest BCUT2D eigenvalue weighted by atomic mass is 32.2. The normalized spacial score (nSPS) is 28.8. The van der Waals surface area contributed by atoms with Crippen LogP contribution in [0, 0.1) is 17.8 Å². The standard InChI is InChI=1S/C19H31N5O8S/c1-4-9(2)15(20)17(28)23-33(31,32)8-14(26)22-19(18(29)30)12-7-24(3)6-11(16(21)27)10(12)5-13(19)25/h6,9-10,12-13,15,25H,4-5,7-8,20H2,1-3H3,(H2,21,27)(H,22,26)(H,23,28)(H,29,30). The molecule has 8 N–H and O–H groups in total. The number of nitrogens with two attached hydrogens (primary N) is 2. The maximum absolute atomic E-state index is 12.6. The van der Waals surface area contributed by atoms with Crippen molar-refractivity contribution in [1.29, 1.82) is 0 Å². The average molecular weight is 490 g/mol. The first kappa shape index (κ1) is 26.5. The summed E-state index contributed by atoms with van der Waals surface area (Å²) in [6.07, 6.45) is 0.176. The first-order chi connectivity index (χ1) is 15.2. The van der Waals surface area contributed by atoms with E-state index >= 15 is 0 Å². The number of carboxylic acid groups (broad SMARTS) is 1. The van der Waals surface area contributed by atoms with E-state index in [4.69, 9.17) is 11.5 Å². The molecule has 1 aliphatic heterocycles. The molecule has 6 atom stereocenters. The second-order valence-corrected chi connectivity index (χ2v) is 10.4. The van der Waals surface area contributed by atoms with Crippen molar-refractivity contribution in [3.8, 4) is 0 Å². The summed E-state index contributed by atoms with van der Waals surface area (Å²) < 4.78 is 26.4. The SMILES string of the molecule is CCC(C)C(N)C(=O)NS(=O)(=O)CC(=O)NC1(C(=O)O)C(O)CC2C(C(N)=O)=CN(C)CC21. The molecular formula is C19H31N5O8S. The maximum atomic E-state index is 12.6. The number of nitrogens with one attached hydrogen (secondary N) is 2. The van der Waals surface area contributed by atoms with Crippen LogP contribution in [0.4, 0.5) is 0 Å². The van der Waals surface area contributed by atoms with Crippen LogP contribution in [0.25, 0.3) is 0 Å². The van der Waals surface area contributed by atoms with E-state index < -0.39 is 69.0 Å². The molecule has 0 saturated heterocycles. The molecule has 3 amide bonds. The first-order valence-corrected chi connectivity index (χ1v) is 12.1. The highest BCUT2D eigenvalue weighted by molar-refractivity contribution is 7.90. The lowest BCUT2D eigenvalue weighted by molar-refractivity contribution is -0.154. The number of hydrogen-bond acceptors (Lipinski definition) is 9. The van der Waals surface area contributed by atoms with Crippen molar-refractivity contribution in [2.75, 3.05) is 19.3 Å². The minimum Gasteiger partial charge on any atom is -0.479 e. The summed E-state index contributed by atoms with van der Waals surface area (Å²) in [6.45, 7) is 3.49. The molecule has 0 aromatic rings. The third kappa shape index (κ3) is 5.28. The van der Waals surface area contributed by atoms with E-state index in [2.05, 4.69) is 5.32 Å². The largest absolute Gasteiger partial charge is 0.479 e.